The van der Waals surface area contributed by atoms with Gasteiger partial charge in [-0.2, -0.15) is 0 Å². The van der Waals surface area contributed by atoms with Gasteiger partial charge < -0.3 is 9.64 Å². The molecule has 1 aromatic carbocycles. The molecule has 2 rings (SSSR count). The molecular formula is C14H21N3O2. The molecule has 1 aromatic rings. The van der Waals surface area contributed by atoms with E-state index in [0.29, 0.717) is 12.5 Å². The zero-order chi connectivity index (χ0) is 13.8. The van der Waals surface area contributed by atoms with Crippen LogP contribution in [0.1, 0.15) is 12.5 Å². The molecule has 0 fully saturated rings. The first-order valence-electron chi connectivity index (χ1n) is 6.51. The molecule has 0 bridgehead atoms. The van der Waals surface area contributed by atoms with Gasteiger partial charge in [-0.05, 0) is 24.0 Å². The van der Waals surface area contributed by atoms with Crippen molar-refractivity contribution in [1.29, 1.82) is 0 Å². The van der Waals surface area contributed by atoms with Gasteiger partial charge in [-0.15, -0.1) is 0 Å². The van der Waals surface area contributed by atoms with Crippen molar-refractivity contribution in [2.45, 2.75) is 19.4 Å². The van der Waals surface area contributed by atoms with Crippen molar-refractivity contribution in [3.05, 3.63) is 29.8 Å². The minimum atomic E-state index is -0.390. The maximum absolute atomic E-state index is 12.0. The number of carbonyl (C=O) groups is 1. The number of para-hydroxylation sites is 1. The summed E-state index contributed by atoms with van der Waals surface area (Å²) in [5, 5.41) is 0. The Morgan fingerprint density at radius 1 is 1.58 bits per heavy atom. The highest BCUT2D eigenvalue weighted by Gasteiger charge is 2.31. The van der Waals surface area contributed by atoms with Gasteiger partial charge in [0.2, 0.25) is 0 Å². The third-order valence-electron chi connectivity index (χ3n) is 3.52. The average Bonchev–Trinajstić information content (AvgIpc) is 2.43. The Morgan fingerprint density at radius 3 is 3.00 bits per heavy atom. The molecule has 0 aromatic heterocycles. The van der Waals surface area contributed by atoms with E-state index < -0.39 is 0 Å². The zero-order valence-corrected chi connectivity index (χ0v) is 11.4. The smallest absolute Gasteiger partial charge is 0.258 e. The first-order chi connectivity index (χ1) is 9.17. The standard InChI is InChI=1S/C14H21N3O2/c1-10-7-11-5-3-4-6-12(11)17(8-10)13(9-19-2)14(18)16-15/h3-6,10,13H,7-9,15H2,1-2H3,(H,16,18). The fraction of sp³-hybridized carbons (Fsp3) is 0.500. The van der Waals surface area contributed by atoms with Crippen LogP contribution in [0, 0.1) is 5.92 Å². The molecule has 5 nitrogen and oxygen atoms in total. The summed E-state index contributed by atoms with van der Waals surface area (Å²) in [6, 6.07) is 7.80. The Balaban J connectivity index is 2.34. The molecule has 0 aliphatic carbocycles. The number of benzene rings is 1. The summed E-state index contributed by atoms with van der Waals surface area (Å²) < 4.78 is 5.17. The number of methoxy groups -OCH3 is 1. The second-order valence-corrected chi connectivity index (χ2v) is 5.07. The Bertz CT molecular complexity index is 450. The second-order valence-electron chi connectivity index (χ2n) is 5.07. The number of amides is 1. The number of ether oxygens (including phenoxy) is 1. The van der Waals surface area contributed by atoms with E-state index in [0.717, 1.165) is 18.7 Å². The maximum atomic E-state index is 12.0. The largest absolute Gasteiger partial charge is 0.382 e. The lowest BCUT2D eigenvalue weighted by molar-refractivity contribution is -0.123. The highest BCUT2D eigenvalue weighted by Crippen LogP contribution is 2.31. The van der Waals surface area contributed by atoms with E-state index in [1.807, 2.05) is 18.2 Å². The number of nitrogens with two attached hydrogens (primary N) is 1. The van der Waals surface area contributed by atoms with Crippen LogP contribution in [-0.4, -0.2) is 32.2 Å². The molecule has 1 heterocycles. The van der Waals surface area contributed by atoms with E-state index in [2.05, 4.69) is 23.3 Å². The van der Waals surface area contributed by atoms with Crippen LogP contribution in [0.15, 0.2) is 24.3 Å². The number of rotatable bonds is 4. The molecule has 104 valence electrons. The van der Waals surface area contributed by atoms with Crippen LogP contribution in [0.25, 0.3) is 0 Å². The molecule has 0 radical (unpaired) electrons. The molecule has 1 aliphatic heterocycles. The highest BCUT2D eigenvalue weighted by atomic mass is 16.5. The Labute approximate surface area is 113 Å². The summed E-state index contributed by atoms with van der Waals surface area (Å²) in [7, 11) is 1.59. The lowest BCUT2D eigenvalue weighted by atomic mass is 9.92. The van der Waals surface area contributed by atoms with E-state index >= 15 is 0 Å². The quantitative estimate of drug-likeness (QED) is 0.476. The molecule has 5 heteroatoms. The monoisotopic (exact) mass is 263 g/mol. The number of anilines is 1. The lowest BCUT2D eigenvalue weighted by Gasteiger charge is -2.39. The summed E-state index contributed by atoms with van der Waals surface area (Å²) in [4.78, 5) is 14.1. The van der Waals surface area contributed by atoms with Crippen LogP contribution in [0.3, 0.4) is 0 Å². The van der Waals surface area contributed by atoms with Gasteiger partial charge in [-0.25, -0.2) is 5.84 Å². The summed E-state index contributed by atoms with van der Waals surface area (Å²) in [5.41, 5.74) is 4.61. The van der Waals surface area contributed by atoms with Gasteiger partial charge in [0.25, 0.3) is 5.91 Å². The van der Waals surface area contributed by atoms with E-state index in [1.165, 1.54) is 5.56 Å². The summed E-state index contributed by atoms with van der Waals surface area (Å²) in [6.45, 7) is 3.34. The molecule has 0 saturated carbocycles. The maximum Gasteiger partial charge on any atom is 0.258 e. The second kappa shape index (κ2) is 6.04. The SMILES string of the molecule is COCC(C(=O)NN)N1CC(C)Cc2ccccc21. The number of fused-ring (bicyclic) bond motifs is 1. The minimum Gasteiger partial charge on any atom is -0.382 e. The zero-order valence-electron chi connectivity index (χ0n) is 11.4. The van der Waals surface area contributed by atoms with E-state index in [4.69, 9.17) is 10.6 Å². The van der Waals surface area contributed by atoms with Crippen LogP contribution in [0.5, 0.6) is 0 Å². The van der Waals surface area contributed by atoms with Crippen molar-refractivity contribution < 1.29 is 9.53 Å². The van der Waals surface area contributed by atoms with Crippen LogP contribution in [0.2, 0.25) is 0 Å². The van der Waals surface area contributed by atoms with Gasteiger partial charge in [0, 0.05) is 19.3 Å². The van der Waals surface area contributed by atoms with Gasteiger partial charge in [0.05, 0.1) is 6.61 Å². The first-order valence-corrected chi connectivity index (χ1v) is 6.51. The van der Waals surface area contributed by atoms with Crippen molar-refractivity contribution in [2.75, 3.05) is 25.2 Å². The lowest BCUT2D eigenvalue weighted by Crippen LogP contribution is -2.54. The molecular weight excluding hydrogens is 242 g/mol. The Kier molecular flexibility index (Phi) is 4.39. The molecule has 2 atom stereocenters. The Hall–Kier alpha value is -1.59. The summed E-state index contributed by atoms with van der Waals surface area (Å²) >= 11 is 0. The van der Waals surface area contributed by atoms with E-state index in [9.17, 15) is 4.79 Å². The van der Waals surface area contributed by atoms with Crippen molar-refractivity contribution >= 4 is 11.6 Å². The molecule has 3 N–H and O–H groups in total. The van der Waals surface area contributed by atoms with Gasteiger partial charge in [-0.3, -0.25) is 10.2 Å². The fourth-order valence-electron chi connectivity index (χ4n) is 2.69. The topological polar surface area (TPSA) is 67.6 Å². The van der Waals surface area contributed by atoms with E-state index in [1.54, 1.807) is 7.11 Å². The van der Waals surface area contributed by atoms with Crippen LogP contribution in [0.4, 0.5) is 5.69 Å². The van der Waals surface area contributed by atoms with Crippen molar-refractivity contribution in [3.8, 4) is 0 Å². The molecule has 0 saturated heterocycles. The molecule has 1 amide bonds. The predicted octanol–water partition coefficient (Wildman–Crippen LogP) is 0.690. The number of hydrazine groups is 1. The molecule has 0 spiro atoms. The van der Waals surface area contributed by atoms with Crippen molar-refractivity contribution in [2.24, 2.45) is 11.8 Å². The van der Waals surface area contributed by atoms with Crippen molar-refractivity contribution in [3.63, 3.8) is 0 Å². The van der Waals surface area contributed by atoms with Crippen LogP contribution < -0.4 is 16.2 Å². The first kappa shape index (κ1) is 13.8. The third-order valence-corrected chi connectivity index (χ3v) is 3.52. The number of hydrogen-bond donors (Lipinski definition) is 2. The van der Waals surface area contributed by atoms with Gasteiger partial charge in [0.15, 0.2) is 0 Å². The van der Waals surface area contributed by atoms with Crippen LogP contribution in [-0.2, 0) is 16.0 Å². The highest BCUT2D eigenvalue weighted by molar-refractivity contribution is 5.85. The summed E-state index contributed by atoms with van der Waals surface area (Å²) in [5.74, 6) is 5.57. The fourth-order valence-corrected chi connectivity index (χ4v) is 2.69. The summed E-state index contributed by atoms with van der Waals surface area (Å²) in [6.07, 6.45) is 1.04. The van der Waals surface area contributed by atoms with Crippen LogP contribution >= 0.6 is 0 Å². The number of hydrogen-bond acceptors (Lipinski definition) is 4. The van der Waals surface area contributed by atoms with Crippen molar-refractivity contribution in [1.82, 2.24) is 5.43 Å². The predicted molar refractivity (Wildman–Crippen MR) is 74.7 cm³/mol. The normalized spacial score (nSPS) is 19.7. The number of carbonyl (C=O) groups excluding carboxylic acids is 1. The number of nitrogens with zero attached hydrogens (tertiary/aromatic N) is 1. The van der Waals surface area contributed by atoms with Gasteiger partial charge in [0.1, 0.15) is 6.04 Å². The van der Waals surface area contributed by atoms with Gasteiger partial charge in [-0.1, -0.05) is 25.1 Å². The Morgan fingerprint density at radius 2 is 2.32 bits per heavy atom. The molecule has 1 aliphatic rings. The average molecular weight is 263 g/mol. The van der Waals surface area contributed by atoms with Gasteiger partial charge >= 0.3 is 0 Å². The van der Waals surface area contributed by atoms with E-state index in [-0.39, 0.29) is 11.9 Å². The number of nitrogens with one attached hydrogen (secondary N) is 1. The minimum absolute atomic E-state index is 0.217. The third kappa shape index (κ3) is 2.88. The molecule has 2 unspecified atom stereocenters. The molecule has 19 heavy (non-hydrogen) atoms.